The fourth-order valence-electron chi connectivity index (χ4n) is 1.28. The minimum absolute atomic E-state index is 0.0887. The molecule has 5 nitrogen and oxygen atoms in total. The van der Waals surface area contributed by atoms with Crippen LogP contribution in [0.4, 0.5) is 10.1 Å². The maximum atomic E-state index is 13.0. The Hall–Kier alpha value is -2.11. The first-order valence-electron chi connectivity index (χ1n) is 5.92. The second-order valence-electron chi connectivity index (χ2n) is 3.88. The lowest BCUT2D eigenvalue weighted by molar-refractivity contribution is -0.147. The topological polar surface area (TPSA) is 78.6 Å². The van der Waals surface area contributed by atoms with E-state index in [2.05, 4.69) is 0 Å². The molecule has 0 saturated carbocycles. The third-order valence-electron chi connectivity index (χ3n) is 2.32. The number of nitrogens with two attached hydrogens (primary N) is 1. The highest BCUT2D eigenvalue weighted by Gasteiger charge is 2.14. The van der Waals surface area contributed by atoms with E-state index in [1.807, 2.05) is 6.92 Å². The largest absolute Gasteiger partial charge is 0.463 e. The summed E-state index contributed by atoms with van der Waals surface area (Å²) in [5.41, 5.74) is 5.49. The molecule has 0 aromatic heterocycles. The van der Waals surface area contributed by atoms with Gasteiger partial charge in [0.2, 0.25) is 0 Å². The van der Waals surface area contributed by atoms with Gasteiger partial charge in [-0.05, 0) is 24.6 Å². The molecule has 2 N–H and O–H groups in total. The van der Waals surface area contributed by atoms with Gasteiger partial charge in [-0.3, -0.25) is 0 Å². The number of esters is 2. The molecule has 6 heteroatoms. The highest BCUT2D eigenvalue weighted by Crippen LogP contribution is 2.14. The molecule has 1 aromatic carbocycles. The van der Waals surface area contributed by atoms with Crippen molar-refractivity contribution in [1.82, 2.24) is 0 Å². The maximum absolute atomic E-state index is 13.0. The number of benzene rings is 1. The van der Waals surface area contributed by atoms with E-state index < -0.39 is 24.4 Å². The van der Waals surface area contributed by atoms with Crippen LogP contribution in [0.3, 0.4) is 0 Å². The zero-order valence-corrected chi connectivity index (χ0v) is 10.6. The lowest BCUT2D eigenvalue weighted by Gasteiger charge is -2.07. The van der Waals surface area contributed by atoms with Gasteiger partial charge >= 0.3 is 11.9 Å². The average molecular weight is 269 g/mol. The third-order valence-corrected chi connectivity index (χ3v) is 2.32. The summed E-state index contributed by atoms with van der Waals surface area (Å²) in [6.07, 6.45) is 1.64. The van der Waals surface area contributed by atoms with E-state index in [4.69, 9.17) is 15.2 Å². The van der Waals surface area contributed by atoms with E-state index in [-0.39, 0.29) is 17.9 Å². The lowest BCUT2D eigenvalue weighted by Crippen LogP contribution is -2.18. The molecule has 0 saturated heterocycles. The number of anilines is 1. The molecule has 19 heavy (non-hydrogen) atoms. The van der Waals surface area contributed by atoms with Crippen molar-refractivity contribution in [2.75, 3.05) is 18.9 Å². The van der Waals surface area contributed by atoms with Crippen LogP contribution in [-0.4, -0.2) is 25.2 Å². The molecule has 104 valence electrons. The normalized spacial score (nSPS) is 10.0. The molecule has 0 spiro atoms. The molecule has 0 aliphatic carbocycles. The van der Waals surface area contributed by atoms with Crippen LogP contribution in [0, 0.1) is 5.82 Å². The number of carbonyl (C=O) groups excluding carboxylic acids is 2. The second kappa shape index (κ2) is 7.35. The quantitative estimate of drug-likeness (QED) is 0.485. The number of rotatable bonds is 6. The molecular formula is C13H16FNO4. The molecule has 0 unspecified atom stereocenters. The minimum Gasteiger partial charge on any atom is -0.463 e. The highest BCUT2D eigenvalue weighted by molar-refractivity contribution is 5.95. The summed E-state index contributed by atoms with van der Waals surface area (Å²) in [4.78, 5) is 22.8. The van der Waals surface area contributed by atoms with E-state index in [1.165, 1.54) is 6.07 Å². The van der Waals surface area contributed by atoms with Crippen molar-refractivity contribution in [3.63, 3.8) is 0 Å². The summed E-state index contributed by atoms with van der Waals surface area (Å²) >= 11 is 0. The summed E-state index contributed by atoms with van der Waals surface area (Å²) in [5.74, 6) is -2.10. The fourth-order valence-corrected chi connectivity index (χ4v) is 1.28. The van der Waals surface area contributed by atoms with Crippen molar-refractivity contribution in [2.45, 2.75) is 19.8 Å². The summed E-state index contributed by atoms with van der Waals surface area (Å²) in [6.45, 7) is 1.73. The molecule has 0 bridgehead atoms. The Labute approximate surface area is 110 Å². The van der Waals surface area contributed by atoms with Gasteiger partial charge in [0, 0.05) is 5.69 Å². The van der Waals surface area contributed by atoms with Gasteiger partial charge < -0.3 is 15.2 Å². The Morgan fingerprint density at radius 1 is 1.32 bits per heavy atom. The zero-order valence-electron chi connectivity index (χ0n) is 10.6. The van der Waals surface area contributed by atoms with Gasteiger partial charge in [0.15, 0.2) is 6.61 Å². The van der Waals surface area contributed by atoms with Crippen molar-refractivity contribution in [2.24, 2.45) is 0 Å². The number of halogens is 1. The van der Waals surface area contributed by atoms with Crippen LogP contribution in [-0.2, 0) is 14.3 Å². The molecule has 1 aromatic rings. The summed E-state index contributed by atoms with van der Waals surface area (Å²) in [7, 11) is 0. The van der Waals surface area contributed by atoms with Crippen LogP contribution in [0.5, 0.6) is 0 Å². The van der Waals surface area contributed by atoms with Gasteiger partial charge in [-0.1, -0.05) is 13.3 Å². The Balaban J connectivity index is 2.47. The molecule has 0 fully saturated rings. The SMILES string of the molecule is CCCCOC(=O)COC(=O)c1cc(F)ccc1N. The van der Waals surface area contributed by atoms with Crippen molar-refractivity contribution in [3.05, 3.63) is 29.6 Å². The smallest absolute Gasteiger partial charge is 0.344 e. The van der Waals surface area contributed by atoms with Crippen molar-refractivity contribution in [3.8, 4) is 0 Å². The second-order valence-corrected chi connectivity index (χ2v) is 3.88. The van der Waals surface area contributed by atoms with Crippen LogP contribution in [0.2, 0.25) is 0 Å². The van der Waals surface area contributed by atoms with Gasteiger partial charge in [-0.2, -0.15) is 0 Å². The average Bonchev–Trinajstić information content (AvgIpc) is 2.39. The summed E-state index contributed by atoms with van der Waals surface area (Å²) in [5, 5.41) is 0. The third kappa shape index (κ3) is 4.95. The monoisotopic (exact) mass is 269 g/mol. The van der Waals surface area contributed by atoms with Crippen LogP contribution in [0.1, 0.15) is 30.1 Å². The lowest BCUT2D eigenvalue weighted by atomic mass is 10.2. The molecule has 0 aliphatic heterocycles. The summed E-state index contributed by atoms with van der Waals surface area (Å²) in [6, 6.07) is 3.34. The summed E-state index contributed by atoms with van der Waals surface area (Å²) < 4.78 is 22.5. The molecule has 0 amide bonds. The fraction of sp³-hybridized carbons (Fsp3) is 0.385. The van der Waals surface area contributed by atoms with E-state index in [1.54, 1.807) is 0 Å². The van der Waals surface area contributed by atoms with Crippen molar-refractivity contribution in [1.29, 1.82) is 0 Å². The number of hydrogen-bond acceptors (Lipinski definition) is 5. The van der Waals surface area contributed by atoms with Crippen LogP contribution in [0.15, 0.2) is 18.2 Å². The highest BCUT2D eigenvalue weighted by atomic mass is 19.1. The molecular weight excluding hydrogens is 253 g/mol. The van der Waals surface area contributed by atoms with Gasteiger partial charge in [-0.15, -0.1) is 0 Å². The zero-order chi connectivity index (χ0) is 14.3. The van der Waals surface area contributed by atoms with Gasteiger partial charge in [0.05, 0.1) is 12.2 Å². The Morgan fingerprint density at radius 3 is 2.74 bits per heavy atom. The standard InChI is InChI=1S/C13H16FNO4/c1-2-3-6-18-12(16)8-19-13(17)10-7-9(14)4-5-11(10)15/h4-5,7H,2-3,6,8,15H2,1H3. The van der Waals surface area contributed by atoms with Gasteiger partial charge in [0.1, 0.15) is 5.82 Å². The Morgan fingerprint density at radius 2 is 2.05 bits per heavy atom. The van der Waals surface area contributed by atoms with Crippen LogP contribution < -0.4 is 5.73 Å². The molecule has 1 rings (SSSR count). The molecule has 0 aliphatic rings. The molecule has 0 atom stereocenters. The number of hydrogen-bond donors (Lipinski definition) is 1. The van der Waals surface area contributed by atoms with E-state index in [9.17, 15) is 14.0 Å². The maximum Gasteiger partial charge on any atom is 0.344 e. The van der Waals surface area contributed by atoms with Crippen molar-refractivity contribution >= 4 is 17.6 Å². The minimum atomic E-state index is -0.857. The van der Waals surface area contributed by atoms with Crippen LogP contribution >= 0.6 is 0 Å². The van der Waals surface area contributed by atoms with Crippen LogP contribution in [0.25, 0.3) is 0 Å². The molecule has 0 radical (unpaired) electrons. The van der Waals surface area contributed by atoms with E-state index in [0.29, 0.717) is 0 Å². The Kier molecular flexibility index (Phi) is 5.78. The Bertz CT molecular complexity index is 462. The van der Waals surface area contributed by atoms with E-state index >= 15 is 0 Å². The number of carbonyl (C=O) groups is 2. The van der Waals surface area contributed by atoms with Gasteiger partial charge in [0.25, 0.3) is 0 Å². The van der Waals surface area contributed by atoms with Gasteiger partial charge in [-0.25, -0.2) is 14.0 Å². The van der Waals surface area contributed by atoms with E-state index in [0.717, 1.165) is 25.0 Å². The first-order valence-corrected chi connectivity index (χ1v) is 5.92. The van der Waals surface area contributed by atoms with Crippen molar-refractivity contribution < 1.29 is 23.5 Å². The first kappa shape index (κ1) is 14.9. The number of ether oxygens (including phenoxy) is 2. The number of unbranched alkanes of at least 4 members (excludes halogenated alkanes) is 1. The predicted octanol–water partition coefficient (Wildman–Crippen LogP) is 1.91. The molecule has 0 heterocycles. The predicted molar refractivity (Wildman–Crippen MR) is 67.0 cm³/mol. The number of nitrogen functional groups attached to an aromatic ring is 1. The first-order chi connectivity index (χ1) is 9.04.